The largest absolute Gasteiger partial charge is 1.00 e. The average Bonchev–Trinajstić information content (AvgIpc) is 2.25. The Morgan fingerprint density at radius 2 is 2.06 bits per heavy atom. The molecular weight excluding hydrogens is 255 g/mol. The quantitative estimate of drug-likeness (QED) is 0.267. The Morgan fingerprint density at radius 1 is 1.41 bits per heavy atom. The van der Waals surface area contributed by atoms with E-state index < -0.39 is 0 Å². The van der Waals surface area contributed by atoms with E-state index in [-0.39, 0.29) is 35.5 Å². The summed E-state index contributed by atoms with van der Waals surface area (Å²) in [5, 5.41) is 14.5. The van der Waals surface area contributed by atoms with E-state index in [1.807, 2.05) is 0 Å². The van der Waals surface area contributed by atoms with Crippen molar-refractivity contribution in [3.63, 3.8) is 0 Å². The number of benzene rings is 1. The van der Waals surface area contributed by atoms with Gasteiger partial charge in [0.05, 0.1) is 22.5 Å². The molecule has 17 heavy (non-hydrogen) atoms. The van der Waals surface area contributed by atoms with E-state index >= 15 is 0 Å². The summed E-state index contributed by atoms with van der Waals surface area (Å²) in [6.45, 7) is 0. The van der Waals surface area contributed by atoms with Gasteiger partial charge in [-0.25, -0.2) is 5.01 Å². The molecule has 0 atom stereocenters. The van der Waals surface area contributed by atoms with Crippen molar-refractivity contribution in [3.05, 3.63) is 29.8 Å². The molecule has 1 rings (SSSR count). The molecule has 0 saturated carbocycles. The number of hydrogen-bond acceptors (Lipinski definition) is 6. The van der Waals surface area contributed by atoms with Gasteiger partial charge in [-0.15, -0.1) is 0 Å². The maximum Gasteiger partial charge on any atom is 1.00 e. The van der Waals surface area contributed by atoms with Gasteiger partial charge in [-0.2, -0.15) is 4.33 Å². The van der Waals surface area contributed by atoms with Crippen molar-refractivity contribution in [3.8, 4) is 0 Å². The van der Waals surface area contributed by atoms with E-state index in [0.29, 0.717) is 22.5 Å². The predicted octanol–water partition coefficient (Wildman–Crippen LogP) is -2.87. The third-order valence-electron chi connectivity index (χ3n) is 1.61. The fraction of sp³-hybridized carbons (Fsp3) is 0.222. The maximum absolute atomic E-state index is 11.7. The molecule has 1 N–H and O–H groups in total. The number of rotatable bonds is 5. The number of carbonyl (C=O) groups is 1. The number of nitrogens with zero attached hydrogens (tertiary/aromatic N) is 1. The summed E-state index contributed by atoms with van der Waals surface area (Å²) < 4.78 is 4.18. The van der Waals surface area contributed by atoms with E-state index in [0.717, 1.165) is 0 Å². The Labute approximate surface area is 126 Å². The van der Waals surface area contributed by atoms with Crippen molar-refractivity contribution in [1.29, 1.82) is 0 Å². The molecule has 0 spiro atoms. The molecule has 88 valence electrons. The molecule has 0 aliphatic carbocycles. The number of carbonyl (C=O) groups excluding carboxylic acids is 1. The van der Waals surface area contributed by atoms with E-state index in [1.54, 1.807) is 38.4 Å². The summed E-state index contributed by atoms with van der Waals surface area (Å²) >= 11 is 0.688. The van der Waals surface area contributed by atoms with Gasteiger partial charge in [0.2, 0.25) is 0 Å². The molecule has 0 aliphatic heterocycles. The Kier molecular flexibility index (Phi) is 8.83. The zero-order chi connectivity index (χ0) is 12.0. The van der Waals surface area contributed by atoms with Crippen molar-refractivity contribution < 1.29 is 49.0 Å². The van der Waals surface area contributed by atoms with Gasteiger partial charge in [0.1, 0.15) is 0 Å². The fourth-order valence-electron chi connectivity index (χ4n) is 1.04. The zero-order valence-corrected chi connectivity index (χ0v) is 12.6. The zero-order valence-electron chi connectivity index (χ0n) is 9.80. The molecule has 0 saturated heterocycles. The first-order valence-electron chi connectivity index (χ1n) is 4.35. The smallest absolute Gasteiger partial charge is 0.691 e. The first kappa shape index (κ1) is 16.9. The van der Waals surface area contributed by atoms with Crippen molar-refractivity contribution in [1.82, 2.24) is 10.4 Å². The van der Waals surface area contributed by atoms with Gasteiger partial charge in [-0.3, -0.25) is 15.3 Å². The molecule has 0 fully saturated rings. The summed E-state index contributed by atoms with van der Waals surface area (Å²) in [6, 6.07) is 6.71. The number of hydrazine groups is 1. The van der Waals surface area contributed by atoms with Crippen LogP contribution in [-0.2, 0) is 9.37 Å². The van der Waals surface area contributed by atoms with Gasteiger partial charge in [0.15, 0.2) is 0 Å². The van der Waals surface area contributed by atoms with Gasteiger partial charge < -0.3 is 5.26 Å². The Morgan fingerprint density at radius 3 is 2.65 bits per heavy atom. The third-order valence-corrected chi connectivity index (χ3v) is 2.27. The SMILES string of the molecule is CN(C)NC(=O)c1ccccc1SOO[O-].[Na+]. The maximum atomic E-state index is 11.7. The second-order valence-corrected chi connectivity index (χ2v) is 3.79. The normalized spacial score (nSPS) is 9.88. The molecule has 0 aromatic heterocycles. The number of amides is 1. The molecule has 8 heteroatoms. The monoisotopic (exact) mass is 266 g/mol. The molecular formula is C9H11N2NaO4S. The van der Waals surface area contributed by atoms with E-state index in [4.69, 9.17) is 0 Å². The number of nitrogens with one attached hydrogen (secondary N) is 1. The fourth-order valence-corrected chi connectivity index (χ4v) is 1.53. The van der Waals surface area contributed by atoms with Crippen LogP contribution in [0, 0.1) is 0 Å². The van der Waals surface area contributed by atoms with Crippen molar-refractivity contribution in [2.75, 3.05) is 14.1 Å². The summed E-state index contributed by atoms with van der Waals surface area (Å²) in [4.78, 5) is 12.2. The van der Waals surface area contributed by atoms with Crippen molar-refractivity contribution in [2.24, 2.45) is 0 Å². The van der Waals surface area contributed by atoms with Crippen molar-refractivity contribution in [2.45, 2.75) is 4.90 Å². The van der Waals surface area contributed by atoms with Crippen molar-refractivity contribution >= 4 is 17.9 Å². The summed E-state index contributed by atoms with van der Waals surface area (Å²) in [5.74, 6) is -0.289. The van der Waals surface area contributed by atoms with Crippen LogP contribution in [0.15, 0.2) is 29.2 Å². The van der Waals surface area contributed by atoms with Gasteiger partial charge in [0, 0.05) is 14.1 Å². The second-order valence-electron chi connectivity index (χ2n) is 3.05. The van der Waals surface area contributed by atoms with E-state index in [9.17, 15) is 10.1 Å². The molecule has 0 aliphatic rings. The van der Waals surface area contributed by atoms with Crippen LogP contribution in [0.1, 0.15) is 10.4 Å². The summed E-state index contributed by atoms with van der Waals surface area (Å²) in [7, 11) is 3.40. The van der Waals surface area contributed by atoms with Crippen LogP contribution in [-0.4, -0.2) is 25.0 Å². The molecule has 1 amide bonds. The summed E-state index contributed by atoms with van der Waals surface area (Å²) in [5.41, 5.74) is 2.98. The second kappa shape index (κ2) is 8.90. The molecule has 0 bridgehead atoms. The summed E-state index contributed by atoms with van der Waals surface area (Å²) in [6.07, 6.45) is 0. The Balaban J connectivity index is 0.00000256. The minimum atomic E-state index is -0.289. The van der Waals surface area contributed by atoms with Crippen LogP contribution in [0.4, 0.5) is 0 Å². The topological polar surface area (TPSA) is 73.9 Å². The molecule has 6 nitrogen and oxygen atoms in total. The van der Waals surface area contributed by atoms with Gasteiger partial charge in [-0.05, 0) is 12.1 Å². The molecule has 0 radical (unpaired) electrons. The van der Waals surface area contributed by atoms with Gasteiger partial charge in [0.25, 0.3) is 5.91 Å². The molecule has 0 heterocycles. The van der Waals surface area contributed by atoms with Crippen LogP contribution in [0.3, 0.4) is 0 Å². The number of hydrogen-bond donors (Lipinski definition) is 1. The van der Waals surface area contributed by atoms with Crippen LogP contribution >= 0.6 is 12.0 Å². The van der Waals surface area contributed by atoms with E-state index in [2.05, 4.69) is 14.8 Å². The standard InChI is InChI=1S/C9H12N2O4S.Na/c1-11(2)10-9(12)7-5-3-4-6-8(7)16-15-14-13;/h3-6,13H,1-2H3,(H,10,12);/q;+1/p-1. The van der Waals surface area contributed by atoms with Gasteiger partial charge in [-0.1, -0.05) is 12.1 Å². The van der Waals surface area contributed by atoms with Crippen LogP contribution in [0.25, 0.3) is 0 Å². The molecule has 0 unspecified atom stereocenters. The molecule has 1 aromatic rings. The molecule has 1 aromatic carbocycles. The van der Waals surface area contributed by atoms with Crippen LogP contribution in [0.2, 0.25) is 0 Å². The Bertz CT molecular complexity index is 365. The van der Waals surface area contributed by atoms with Crippen LogP contribution in [0.5, 0.6) is 0 Å². The first-order valence-corrected chi connectivity index (χ1v) is 5.10. The predicted molar refractivity (Wildman–Crippen MR) is 55.6 cm³/mol. The average molecular weight is 266 g/mol. The van der Waals surface area contributed by atoms with Gasteiger partial charge >= 0.3 is 29.6 Å². The third kappa shape index (κ3) is 5.84. The van der Waals surface area contributed by atoms with E-state index in [1.165, 1.54) is 5.01 Å². The Hall–Kier alpha value is -0.120. The first-order chi connectivity index (χ1) is 7.65. The van der Waals surface area contributed by atoms with Crippen LogP contribution < -0.4 is 40.2 Å². The minimum absolute atomic E-state index is 0. The minimum Gasteiger partial charge on any atom is -0.691 e.